The Morgan fingerprint density at radius 3 is 2.50 bits per heavy atom. The number of hydrogen-bond acceptors (Lipinski definition) is 4. The minimum Gasteiger partial charge on any atom is -0.444 e. The molecule has 0 aromatic heterocycles. The van der Waals surface area contributed by atoms with Crippen molar-refractivity contribution in [1.29, 1.82) is 5.26 Å². The van der Waals surface area contributed by atoms with Gasteiger partial charge in [0.15, 0.2) is 0 Å². The lowest BCUT2D eigenvalue weighted by atomic mass is 9.69. The van der Waals surface area contributed by atoms with Crippen molar-refractivity contribution in [2.45, 2.75) is 71.4 Å². The van der Waals surface area contributed by atoms with E-state index < -0.39 is 11.0 Å². The summed E-state index contributed by atoms with van der Waals surface area (Å²) in [6.07, 6.45) is 3.80. The quantitative estimate of drug-likeness (QED) is 0.860. The Kier molecular flexibility index (Phi) is 5.42. The van der Waals surface area contributed by atoms with Crippen LogP contribution < -0.4 is 5.32 Å². The molecule has 1 heterocycles. The summed E-state index contributed by atoms with van der Waals surface area (Å²) in [7, 11) is 0. The molecule has 0 unspecified atom stereocenters. The predicted molar refractivity (Wildman–Crippen MR) is 90.0 cm³/mol. The van der Waals surface area contributed by atoms with Crippen LogP contribution in [0.3, 0.4) is 0 Å². The van der Waals surface area contributed by atoms with E-state index >= 15 is 0 Å². The van der Waals surface area contributed by atoms with Crippen LogP contribution in [0.2, 0.25) is 0 Å². The lowest BCUT2D eigenvalue weighted by molar-refractivity contribution is -0.132. The first-order valence-electron chi connectivity index (χ1n) is 8.87. The van der Waals surface area contributed by atoms with Gasteiger partial charge in [0.25, 0.3) is 0 Å². The Bertz CT molecular complexity index is 529. The molecule has 2 fully saturated rings. The Hall–Kier alpha value is -1.77. The van der Waals surface area contributed by atoms with Crippen LogP contribution in [0.1, 0.15) is 59.8 Å². The monoisotopic (exact) mass is 335 g/mol. The van der Waals surface area contributed by atoms with Gasteiger partial charge in [-0.3, -0.25) is 4.79 Å². The summed E-state index contributed by atoms with van der Waals surface area (Å²) in [5, 5.41) is 12.3. The second kappa shape index (κ2) is 7.00. The number of carbonyl (C=O) groups is 2. The molecule has 0 spiro atoms. The van der Waals surface area contributed by atoms with Gasteiger partial charge >= 0.3 is 6.09 Å². The van der Waals surface area contributed by atoms with E-state index in [2.05, 4.69) is 11.4 Å². The van der Waals surface area contributed by atoms with E-state index in [-0.39, 0.29) is 24.0 Å². The van der Waals surface area contributed by atoms with E-state index in [0.29, 0.717) is 25.9 Å². The maximum absolute atomic E-state index is 12.4. The Morgan fingerprint density at radius 1 is 1.33 bits per heavy atom. The summed E-state index contributed by atoms with van der Waals surface area (Å²) in [6.45, 7) is 8.80. The topological polar surface area (TPSA) is 82.4 Å². The molecule has 1 aliphatic carbocycles. The molecule has 24 heavy (non-hydrogen) atoms. The van der Waals surface area contributed by atoms with Crippen molar-refractivity contribution < 1.29 is 14.3 Å². The Labute approximate surface area is 144 Å². The highest BCUT2D eigenvalue weighted by Crippen LogP contribution is 2.40. The van der Waals surface area contributed by atoms with Crippen molar-refractivity contribution in [2.75, 3.05) is 13.1 Å². The summed E-state index contributed by atoms with van der Waals surface area (Å²) in [5.41, 5.74) is -1.33. The summed E-state index contributed by atoms with van der Waals surface area (Å²) >= 11 is 0. The number of nitrogens with zero attached hydrogens (tertiary/aromatic N) is 2. The number of nitriles is 1. The fraction of sp³-hybridized carbons (Fsp3) is 0.833. The van der Waals surface area contributed by atoms with Crippen molar-refractivity contribution in [3.05, 3.63) is 0 Å². The van der Waals surface area contributed by atoms with Crippen LogP contribution in [0.15, 0.2) is 0 Å². The van der Waals surface area contributed by atoms with Gasteiger partial charge in [-0.1, -0.05) is 0 Å². The van der Waals surface area contributed by atoms with Gasteiger partial charge in [-0.2, -0.15) is 5.26 Å². The van der Waals surface area contributed by atoms with Crippen molar-refractivity contribution >= 4 is 12.0 Å². The molecular formula is C18H29N3O3. The third-order valence-corrected chi connectivity index (χ3v) is 5.03. The van der Waals surface area contributed by atoms with Gasteiger partial charge in [0.05, 0.1) is 6.07 Å². The van der Waals surface area contributed by atoms with Gasteiger partial charge < -0.3 is 15.0 Å². The SMILES string of the molecule is C[C@@H](NC(=O)C1(C#N)CCC1)[C@H]1CCCN(C(=O)OC(C)(C)C)C1. The molecule has 2 amide bonds. The number of rotatable bonds is 3. The molecular weight excluding hydrogens is 306 g/mol. The average Bonchev–Trinajstić information content (AvgIpc) is 2.45. The molecule has 0 radical (unpaired) electrons. The third kappa shape index (κ3) is 4.19. The number of piperidine rings is 1. The van der Waals surface area contributed by atoms with Crippen molar-refractivity contribution in [3.63, 3.8) is 0 Å². The first kappa shape index (κ1) is 18.6. The fourth-order valence-corrected chi connectivity index (χ4v) is 3.29. The zero-order chi connectivity index (χ0) is 18.0. The second-order valence-corrected chi connectivity index (χ2v) is 8.14. The highest BCUT2D eigenvalue weighted by Gasteiger charge is 2.45. The van der Waals surface area contributed by atoms with Crippen LogP contribution in [-0.2, 0) is 9.53 Å². The maximum atomic E-state index is 12.4. The first-order chi connectivity index (χ1) is 11.2. The molecule has 6 nitrogen and oxygen atoms in total. The van der Waals surface area contributed by atoms with Crippen LogP contribution in [-0.4, -0.2) is 41.6 Å². The molecule has 0 bridgehead atoms. The molecule has 2 rings (SSSR count). The predicted octanol–water partition coefficient (Wildman–Crippen LogP) is 2.83. The minimum atomic E-state index is -0.826. The van der Waals surface area contributed by atoms with Crippen molar-refractivity contribution in [2.24, 2.45) is 11.3 Å². The summed E-state index contributed by atoms with van der Waals surface area (Å²) in [6, 6.07) is 2.12. The Balaban J connectivity index is 1.90. The molecule has 1 N–H and O–H groups in total. The molecule has 2 aliphatic rings. The molecule has 2 atom stereocenters. The Morgan fingerprint density at radius 2 is 2.00 bits per heavy atom. The number of likely N-dealkylation sites (tertiary alicyclic amines) is 1. The molecule has 6 heteroatoms. The summed E-state index contributed by atoms with van der Waals surface area (Å²) in [4.78, 5) is 26.4. The number of hydrogen-bond donors (Lipinski definition) is 1. The van der Waals surface area contributed by atoms with Gasteiger partial charge in [-0.25, -0.2) is 4.79 Å². The zero-order valence-corrected chi connectivity index (χ0v) is 15.2. The van der Waals surface area contributed by atoms with Crippen LogP contribution >= 0.6 is 0 Å². The average molecular weight is 335 g/mol. The highest BCUT2D eigenvalue weighted by molar-refractivity contribution is 5.86. The van der Waals surface area contributed by atoms with E-state index in [1.54, 1.807) is 4.90 Å². The molecule has 0 aromatic rings. The molecule has 134 valence electrons. The van der Waals surface area contributed by atoms with Crippen LogP contribution in [0.4, 0.5) is 4.79 Å². The molecule has 1 aliphatic heterocycles. The van der Waals surface area contributed by atoms with Crippen molar-refractivity contribution in [1.82, 2.24) is 10.2 Å². The van der Waals surface area contributed by atoms with Gasteiger partial charge in [0.1, 0.15) is 11.0 Å². The summed E-state index contributed by atoms with van der Waals surface area (Å²) < 4.78 is 5.44. The summed E-state index contributed by atoms with van der Waals surface area (Å²) in [5.74, 6) is 0.0316. The number of carbonyl (C=O) groups excluding carboxylic acids is 2. The standard InChI is InChI=1S/C18H29N3O3/c1-13(20-15(22)18(12-19)8-6-9-18)14-7-5-10-21(11-14)16(23)24-17(2,3)4/h13-14H,5-11H2,1-4H3,(H,20,22)/t13-,14+/m1/s1. The first-order valence-corrected chi connectivity index (χ1v) is 8.87. The van der Waals surface area contributed by atoms with E-state index in [9.17, 15) is 14.9 Å². The van der Waals surface area contributed by atoms with Crippen LogP contribution in [0.25, 0.3) is 0 Å². The highest BCUT2D eigenvalue weighted by atomic mass is 16.6. The van der Waals surface area contributed by atoms with Gasteiger partial charge in [-0.15, -0.1) is 0 Å². The number of ether oxygens (including phenoxy) is 1. The van der Waals surface area contributed by atoms with Crippen LogP contribution in [0, 0.1) is 22.7 Å². The van der Waals surface area contributed by atoms with Crippen molar-refractivity contribution in [3.8, 4) is 6.07 Å². The van der Waals surface area contributed by atoms with Gasteiger partial charge in [-0.05, 0) is 65.7 Å². The number of nitrogens with one attached hydrogen (secondary N) is 1. The van der Waals surface area contributed by atoms with Crippen LogP contribution in [0.5, 0.6) is 0 Å². The lowest BCUT2D eigenvalue weighted by Crippen LogP contribution is -2.53. The largest absolute Gasteiger partial charge is 0.444 e. The molecule has 1 saturated heterocycles. The van der Waals surface area contributed by atoms with E-state index in [1.165, 1.54) is 0 Å². The lowest BCUT2D eigenvalue weighted by Gasteiger charge is -2.39. The molecule has 1 saturated carbocycles. The minimum absolute atomic E-state index is 0.0615. The number of amides is 2. The third-order valence-electron chi connectivity index (χ3n) is 5.03. The van der Waals surface area contributed by atoms with E-state index in [4.69, 9.17) is 4.74 Å². The smallest absolute Gasteiger partial charge is 0.410 e. The fourth-order valence-electron chi connectivity index (χ4n) is 3.29. The maximum Gasteiger partial charge on any atom is 0.410 e. The van der Waals surface area contributed by atoms with Gasteiger partial charge in [0, 0.05) is 19.1 Å². The second-order valence-electron chi connectivity index (χ2n) is 8.14. The normalized spacial score (nSPS) is 24.3. The van der Waals surface area contributed by atoms with Gasteiger partial charge in [0.2, 0.25) is 5.91 Å². The van der Waals surface area contributed by atoms with E-state index in [1.807, 2.05) is 27.7 Å². The molecule has 0 aromatic carbocycles. The van der Waals surface area contributed by atoms with E-state index in [0.717, 1.165) is 19.3 Å². The zero-order valence-electron chi connectivity index (χ0n) is 15.2.